The van der Waals surface area contributed by atoms with Crippen LogP contribution in [0, 0.1) is 0 Å². The number of amides is 2. The number of nitrogens with zero attached hydrogens (tertiary/aromatic N) is 1. The van der Waals surface area contributed by atoms with Gasteiger partial charge >= 0.3 is 0 Å². The fourth-order valence-corrected chi connectivity index (χ4v) is 2.44. The van der Waals surface area contributed by atoms with Crippen molar-refractivity contribution in [2.45, 2.75) is 13.5 Å². The summed E-state index contributed by atoms with van der Waals surface area (Å²) in [5, 5.41) is 6.03. The van der Waals surface area contributed by atoms with Gasteiger partial charge in [0.05, 0.1) is 6.54 Å². The summed E-state index contributed by atoms with van der Waals surface area (Å²) in [5.74, 6) is -0.432. The van der Waals surface area contributed by atoms with Gasteiger partial charge in [0.2, 0.25) is 5.91 Å². The molecule has 1 aromatic carbocycles. The first-order valence-electron chi connectivity index (χ1n) is 7.60. The molecule has 0 spiro atoms. The molecule has 24 heavy (non-hydrogen) atoms. The summed E-state index contributed by atoms with van der Waals surface area (Å²) in [4.78, 5) is 25.6. The van der Waals surface area contributed by atoms with E-state index in [1.807, 2.05) is 31.2 Å². The molecule has 2 rings (SSSR count). The quantitative estimate of drug-likeness (QED) is 0.758. The number of likely N-dealkylation sites (N-methyl/N-ethyl adjacent to an activating group) is 1. The molecular formula is C17H20BrN3O3. The van der Waals surface area contributed by atoms with Crippen molar-refractivity contribution in [2.24, 2.45) is 0 Å². The van der Waals surface area contributed by atoms with Gasteiger partial charge in [-0.05, 0) is 52.3 Å². The average Bonchev–Trinajstić information content (AvgIpc) is 2.98. The van der Waals surface area contributed by atoms with E-state index in [4.69, 9.17) is 4.42 Å². The van der Waals surface area contributed by atoms with Crippen LogP contribution >= 0.6 is 15.9 Å². The number of carbonyl (C=O) groups excluding carboxylic acids is 2. The summed E-state index contributed by atoms with van der Waals surface area (Å²) in [7, 11) is 1.56. The second-order valence-corrected chi connectivity index (χ2v) is 6.08. The summed E-state index contributed by atoms with van der Waals surface area (Å²) < 4.78 is 5.68. The highest BCUT2D eigenvalue weighted by Crippen LogP contribution is 2.15. The summed E-state index contributed by atoms with van der Waals surface area (Å²) in [5.41, 5.74) is 1.79. The molecule has 1 aromatic heterocycles. The molecule has 0 saturated heterocycles. The van der Waals surface area contributed by atoms with Crippen LogP contribution < -0.4 is 10.6 Å². The zero-order chi connectivity index (χ0) is 17.5. The molecule has 0 saturated carbocycles. The largest absolute Gasteiger partial charge is 0.444 e. The molecule has 0 unspecified atom stereocenters. The van der Waals surface area contributed by atoms with E-state index in [1.165, 1.54) is 4.90 Å². The number of furan rings is 1. The number of hydrogen-bond donors (Lipinski definition) is 2. The van der Waals surface area contributed by atoms with E-state index >= 15 is 0 Å². The van der Waals surface area contributed by atoms with E-state index in [-0.39, 0.29) is 24.1 Å². The topological polar surface area (TPSA) is 74.6 Å². The monoisotopic (exact) mass is 393 g/mol. The lowest BCUT2D eigenvalue weighted by atomic mass is 10.2. The maximum absolute atomic E-state index is 12.1. The molecule has 0 aliphatic rings. The normalized spacial score (nSPS) is 10.5. The van der Waals surface area contributed by atoms with Crippen LogP contribution in [0.15, 0.2) is 45.5 Å². The number of nitrogens with one attached hydrogen (secondary N) is 2. The Morgan fingerprint density at radius 3 is 2.71 bits per heavy atom. The number of anilines is 1. The number of carbonyl (C=O) groups is 2. The lowest BCUT2D eigenvalue weighted by Crippen LogP contribution is -2.34. The highest BCUT2D eigenvalue weighted by molar-refractivity contribution is 9.10. The Balaban J connectivity index is 1.91. The van der Waals surface area contributed by atoms with Gasteiger partial charge in [-0.1, -0.05) is 19.1 Å². The molecule has 0 bridgehead atoms. The third kappa shape index (κ3) is 5.21. The number of rotatable bonds is 7. The first-order valence-corrected chi connectivity index (χ1v) is 8.39. The van der Waals surface area contributed by atoms with Gasteiger partial charge in [0, 0.05) is 19.3 Å². The van der Waals surface area contributed by atoms with Crippen molar-refractivity contribution in [2.75, 3.05) is 25.5 Å². The summed E-state index contributed by atoms with van der Waals surface area (Å²) in [6.07, 6.45) is 0. The Labute approximate surface area is 149 Å². The van der Waals surface area contributed by atoms with Crippen LogP contribution in [0.4, 0.5) is 5.69 Å². The molecular weight excluding hydrogens is 374 g/mol. The van der Waals surface area contributed by atoms with Crippen molar-refractivity contribution in [3.05, 3.63) is 52.4 Å². The predicted octanol–water partition coefficient (Wildman–Crippen LogP) is 2.86. The number of hydrogen-bond acceptors (Lipinski definition) is 4. The molecule has 6 nitrogen and oxygen atoms in total. The lowest BCUT2D eigenvalue weighted by Gasteiger charge is -2.15. The molecule has 2 N–H and O–H groups in total. The lowest BCUT2D eigenvalue weighted by molar-refractivity contribution is -0.116. The van der Waals surface area contributed by atoms with Crippen LogP contribution in [0.2, 0.25) is 0 Å². The fraction of sp³-hybridized carbons (Fsp3) is 0.294. The van der Waals surface area contributed by atoms with E-state index in [9.17, 15) is 9.59 Å². The van der Waals surface area contributed by atoms with Gasteiger partial charge in [0.15, 0.2) is 10.4 Å². The number of benzene rings is 1. The molecule has 2 amide bonds. The maximum atomic E-state index is 12.1. The highest BCUT2D eigenvalue weighted by Gasteiger charge is 2.18. The average molecular weight is 394 g/mol. The molecule has 0 aliphatic carbocycles. The van der Waals surface area contributed by atoms with Crippen molar-refractivity contribution in [1.82, 2.24) is 10.2 Å². The zero-order valence-corrected chi connectivity index (χ0v) is 15.2. The summed E-state index contributed by atoms with van der Waals surface area (Å²) >= 11 is 3.15. The van der Waals surface area contributed by atoms with Gasteiger partial charge in [-0.15, -0.1) is 0 Å². The molecule has 0 radical (unpaired) electrons. The van der Waals surface area contributed by atoms with Crippen LogP contribution in [0.1, 0.15) is 23.0 Å². The second kappa shape index (κ2) is 8.65. The predicted molar refractivity (Wildman–Crippen MR) is 95.8 cm³/mol. The Bertz CT molecular complexity index is 715. The van der Waals surface area contributed by atoms with Gasteiger partial charge in [0.1, 0.15) is 0 Å². The molecule has 7 heteroatoms. The van der Waals surface area contributed by atoms with Crippen LogP contribution in [-0.4, -0.2) is 36.9 Å². The van der Waals surface area contributed by atoms with Gasteiger partial charge < -0.3 is 20.0 Å². The van der Waals surface area contributed by atoms with Crippen molar-refractivity contribution < 1.29 is 14.0 Å². The smallest absolute Gasteiger partial charge is 0.289 e. The third-order valence-corrected chi connectivity index (χ3v) is 3.73. The minimum atomic E-state index is -0.350. The van der Waals surface area contributed by atoms with Crippen molar-refractivity contribution in [3.63, 3.8) is 0 Å². The Hall–Kier alpha value is -2.12. The second-order valence-electron chi connectivity index (χ2n) is 5.29. The Morgan fingerprint density at radius 2 is 2.04 bits per heavy atom. The zero-order valence-electron chi connectivity index (χ0n) is 13.6. The van der Waals surface area contributed by atoms with E-state index in [0.717, 1.165) is 18.7 Å². The van der Waals surface area contributed by atoms with Gasteiger partial charge in [0.25, 0.3) is 5.91 Å². The minimum Gasteiger partial charge on any atom is -0.444 e. The summed E-state index contributed by atoms with van der Waals surface area (Å²) in [6, 6.07) is 10.8. The van der Waals surface area contributed by atoms with Crippen LogP contribution in [0.5, 0.6) is 0 Å². The van der Waals surface area contributed by atoms with Crippen molar-refractivity contribution in [3.8, 4) is 0 Å². The fourth-order valence-electron chi connectivity index (χ4n) is 2.13. The van der Waals surface area contributed by atoms with Gasteiger partial charge in [-0.25, -0.2) is 0 Å². The van der Waals surface area contributed by atoms with E-state index in [0.29, 0.717) is 10.4 Å². The maximum Gasteiger partial charge on any atom is 0.289 e. The van der Waals surface area contributed by atoms with Crippen molar-refractivity contribution >= 4 is 33.4 Å². The molecule has 128 valence electrons. The van der Waals surface area contributed by atoms with Crippen LogP contribution in [-0.2, 0) is 11.3 Å². The highest BCUT2D eigenvalue weighted by atomic mass is 79.9. The van der Waals surface area contributed by atoms with Gasteiger partial charge in [-0.3, -0.25) is 9.59 Å². The molecule has 0 fully saturated rings. The molecule has 0 atom stereocenters. The third-order valence-electron chi connectivity index (χ3n) is 3.30. The van der Waals surface area contributed by atoms with Crippen molar-refractivity contribution in [1.29, 1.82) is 0 Å². The standard InChI is InChI=1S/C17H20BrN3O3/c1-3-19-10-12-5-4-6-13(9-12)20-16(22)11-21(2)17(23)14-7-8-15(18)24-14/h4-9,19H,3,10-11H2,1-2H3,(H,20,22). The molecule has 2 aromatic rings. The Kier molecular flexibility index (Phi) is 6.57. The van der Waals surface area contributed by atoms with E-state index in [2.05, 4.69) is 26.6 Å². The summed E-state index contributed by atoms with van der Waals surface area (Å²) in [6.45, 7) is 3.60. The number of halogens is 1. The van der Waals surface area contributed by atoms with Crippen LogP contribution in [0.25, 0.3) is 0 Å². The first-order chi connectivity index (χ1) is 11.5. The SMILES string of the molecule is CCNCc1cccc(NC(=O)CN(C)C(=O)c2ccc(Br)o2)c1. The van der Waals surface area contributed by atoms with E-state index in [1.54, 1.807) is 19.2 Å². The molecule has 1 heterocycles. The minimum absolute atomic E-state index is 0.0609. The first kappa shape index (κ1) is 18.2. The van der Waals surface area contributed by atoms with E-state index < -0.39 is 0 Å². The molecule has 0 aliphatic heterocycles. The van der Waals surface area contributed by atoms with Gasteiger partial charge in [-0.2, -0.15) is 0 Å². The van der Waals surface area contributed by atoms with Crippen LogP contribution in [0.3, 0.4) is 0 Å². The Morgan fingerprint density at radius 1 is 1.25 bits per heavy atom.